The van der Waals surface area contributed by atoms with Gasteiger partial charge in [-0.25, -0.2) is 0 Å². The zero-order valence-electron chi connectivity index (χ0n) is 13.7. The van der Waals surface area contributed by atoms with Crippen LogP contribution in [-0.2, 0) is 4.79 Å². The number of carbonyl (C=O) groups excluding carboxylic acids is 2. The molecule has 0 aliphatic heterocycles. The van der Waals surface area contributed by atoms with Gasteiger partial charge in [-0.05, 0) is 30.9 Å². The lowest BCUT2D eigenvalue weighted by molar-refractivity contribution is -0.131. The van der Waals surface area contributed by atoms with E-state index < -0.39 is 0 Å². The van der Waals surface area contributed by atoms with E-state index in [1.54, 1.807) is 23.4 Å². The summed E-state index contributed by atoms with van der Waals surface area (Å²) < 4.78 is 0. The highest BCUT2D eigenvalue weighted by Crippen LogP contribution is 2.19. The van der Waals surface area contributed by atoms with E-state index in [9.17, 15) is 9.59 Å². The van der Waals surface area contributed by atoms with Crippen molar-refractivity contribution in [3.05, 3.63) is 57.8 Å². The first-order valence-corrected chi connectivity index (χ1v) is 8.56. The lowest BCUT2D eigenvalue weighted by atomic mass is 10.1. The van der Waals surface area contributed by atoms with Crippen molar-refractivity contribution in [3.8, 4) is 0 Å². The van der Waals surface area contributed by atoms with Crippen molar-refractivity contribution in [2.45, 2.75) is 26.3 Å². The molecule has 0 radical (unpaired) electrons. The predicted molar refractivity (Wildman–Crippen MR) is 93.6 cm³/mol. The molecule has 0 saturated carbocycles. The summed E-state index contributed by atoms with van der Waals surface area (Å²) in [5.74, 6) is -0.114. The van der Waals surface area contributed by atoms with Crippen molar-refractivity contribution in [2.24, 2.45) is 0 Å². The van der Waals surface area contributed by atoms with Gasteiger partial charge in [0.2, 0.25) is 5.91 Å². The van der Waals surface area contributed by atoms with E-state index in [4.69, 9.17) is 0 Å². The Labute approximate surface area is 141 Å². The molecule has 0 aliphatic carbocycles. The van der Waals surface area contributed by atoms with Gasteiger partial charge in [-0.1, -0.05) is 29.8 Å². The average molecular weight is 330 g/mol. The highest BCUT2D eigenvalue weighted by atomic mass is 32.1. The van der Waals surface area contributed by atoms with Crippen LogP contribution in [-0.4, -0.2) is 30.3 Å². The number of nitrogens with one attached hydrogen (secondary N) is 1. The van der Waals surface area contributed by atoms with Gasteiger partial charge in [0.15, 0.2) is 0 Å². The molecular formula is C18H22N2O2S. The van der Waals surface area contributed by atoms with E-state index in [0.29, 0.717) is 18.5 Å². The minimum absolute atomic E-state index is 0.00988. The van der Waals surface area contributed by atoms with Gasteiger partial charge in [0.25, 0.3) is 5.91 Å². The average Bonchev–Trinajstić information content (AvgIpc) is 3.08. The molecule has 5 heteroatoms. The molecule has 2 aromatic rings. The summed E-state index contributed by atoms with van der Waals surface area (Å²) in [6, 6.07) is 9.96. The number of hydrogen-bond donors (Lipinski definition) is 1. The SMILES string of the molecule is Cc1ccc(C(C)N(C)C(=O)CCNC(=O)c2ccsc2)cc1. The molecule has 1 aromatic heterocycles. The number of carbonyl (C=O) groups is 2. The molecule has 4 nitrogen and oxygen atoms in total. The van der Waals surface area contributed by atoms with E-state index >= 15 is 0 Å². The Morgan fingerprint density at radius 1 is 1.22 bits per heavy atom. The van der Waals surface area contributed by atoms with Crippen LogP contribution in [0.3, 0.4) is 0 Å². The summed E-state index contributed by atoms with van der Waals surface area (Å²) in [7, 11) is 1.80. The Balaban J connectivity index is 1.82. The van der Waals surface area contributed by atoms with Crippen LogP contribution >= 0.6 is 11.3 Å². The molecule has 0 saturated heterocycles. The molecule has 1 unspecified atom stereocenters. The monoisotopic (exact) mass is 330 g/mol. The molecule has 0 fully saturated rings. The molecule has 1 atom stereocenters. The van der Waals surface area contributed by atoms with Crippen molar-refractivity contribution < 1.29 is 9.59 Å². The van der Waals surface area contributed by atoms with Crippen molar-refractivity contribution in [3.63, 3.8) is 0 Å². The Bertz CT molecular complexity index is 650. The molecule has 0 aliphatic rings. The van der Waals surface area contributed by atoms with Gasteiger partial charge in [-0.3, -0.25) is 9.59 Å². The van der Waals surface area contributed by atoms with E-state index in [0.717, 1.165) is 5.56 Å². The first-order chi connectivity index (χ1) is 11.0. The van der Waals surface area contributed by atoms with Crippen molar-refractivity contribution in [1.82, 2.24) is 10.2 Å². The van der Waals surface area contributed by atoms with Crippen LogP contribution in [0.15, 0.2) is 41.1 Å². The molecule has 1 heterocycles. The van der Waals surface area contributed by atoms with Gasteiger partial charge < -0.3 is 10.2 Å². The number of amides is 2. The normalized spacial score (nSPS) is 11.8. The van der Waals surface area contributed by atoms with E-state index in [1.807, 2.05) is 43.5 Å². The number of hydrogen-bond acceptors (Lipinski definition) is 3. The van der Waals surface area contributed by atoms with E-state index in [1.165, 1.54) is 16.9 Å². The zero-order chi connectivity index (χ0) is 16.8. The summed E-state index contributed by atoms with van der Waals surface area (Å²) in [6.07, 6.45) is 0.294. The Hall–Kier alpha value is -2.14. The third kappa shape index (κ3) is 4.66. The van der Waals surface area contributed by atoms with Crippen LogP contribution in [0.25, 0.3) is 0 Å². The van der Waals surface area contributed by atoms with Crippen LogP contribution in [0.5, 0.6) is 0 Å². The van der Waals surface area contributed by atoms with Gasteiger partial charge in [-0.15, -0.1) is 0 Å². The smallest absolute Gasteiger partial charge is 0.252 e. The number of rotatable bonds is 6. The molecule has 2 amide bonds. The van der Waals surface area contributed by atoms with Crippen molar-refractivity contribution in [1.29, 1.82) is 0 Å². The fourth-order valence-corrected chi connectivity index (χ4v) is 2.88. The lowest BCUT2D eigenvalue weighted by Gasteiger charge is -2.25. The second-order valence-corrected chi connectivity index (χ2v) is 6.39. The van der Waals surface area contributed by atoms with Gasteiger partial charge >= 0.3 is 0 Å². The Kier molecular flexibility index (Phi) is 5.93. The number of benzene rings is 1. The quantitative estimate of drug-likeness (QED) is 0.882. The number of aryl methyl sites for hydroxylation is 1. The molecule has 23 heavy (non-hydrogen) atoms. The third-order valence-electron chi connectivity index (χ3n) is 3.94. The van der Waals surface area contributed by atoms with Gasteiger partial charge in [-0.2, -0.15) is 11.3 Å². The molecule has 0 bridgehead atoms. The summed E-state index contributed by atoms with van der Waals surface area (Å²) in [4.78, 5) is 25.8. The summed E-state index contributed by atoms with van der Waals surface area (Å²) in [6.45, 7) is 4.39. The summed E-state index contributed by atoms with van der Waals surface area (Å²) >= 11 is 1.48. The standard InChI is InChI=1S/C18H22N2O2S/c1-13-4-6-15(7-5-13)14(2)20(3)17(21)8-10-19-18(22)16-9-11-23-12-16/h4-7,9,11-12,14H,8,10H2,1-3H3,(H,19,22). The van der Waals surface area contributed by atoms with Crippen molar-refractivity contribution in [2.75, 3.05) is 13.6 Å². The highest BCUT2D eigenvalue weighted by molar-refractivity contribution is 7.08. The molecule has 122 valence electrons. The molecule has 1 aromatic carbocycles. The molecule has 0 spiro atoms. The van der Waals surface area contributed by atoms with Gasteiger partial charge in [0.1, 0.15) is 0 Å². The minimum atomic E-state index is -0.131. The molecular weight excluding hydrogens is 308 g/mol. The third-order valence-corrected chi connectivity index (χ3v) is 4.63. The second kappa shape index (κ2) is 7.92. The van der Waals surface area contributed by atoms with Crippen molar-refractivity contribution >= 4 is 23.2 Å². The van der Waals surface area contributed by atoms with Crippen LogP contribution in [0.4, 0.5) is 0 Å². The first kappa shape index (κ1) is 17.2. The fraction of sp³-hybridized carbons (Fsp3) is 0.333. The Morgan fingerprint density at radius 3 is 2.52 bits per heavy atom. The lowest BCUT2D eigenvalue weighted by Crippen LogP contribution is -2.33. The van der Waals surface area contributed by atoms with Crippen LogP contribution in [0, 0.1) is 6.92 Å². The van der Waals surface area contributed by atoms with Gasteiger partial charge in [0, 0.05) is 31.0 Å². The molecule has 2 rings (SSSR count). The predicted octanol–water partition coefficient (Wildman–Crippen LogP) is 3.40. The largest absolute Gasteiger partial charge is 0.351 e. The summed E-state index contributed by atoms with van der Waals surface area (Å²) in [5, 5.41) is 6.43. The maximum absolute atomic E-state index is 12.3. The van der Waals surface area contributed by atoms with E-state index in [-0.39, 0.29) is 17.9 Å². The first-order valence-electron chi connectivity index (χ1n) is 7.61. The number of thiophene rings is 1. The maximum Gasteiger partial charge on any atom is 0.252 e. The van der Waals surface area contributed by atoms with Crippen LogP contribution < -0.4 is 5.32 Å². The van der Waals surface area contributed by atoms with Gasteiger partial charge in [0.05, 0.1) is 6.04 Å². The minimum Gasteiger partial charge on any atom is -0.351 e. The number of nitrogens with zero attached hydrogens (tertiary/aromatic N) is 1. The summed E-state index contributed by atoms with van der Waals surface area (Å²) in [5.41, 5.74) is 2.95. The van der Waals surface area contributed by atoms with Crippen LogP contribution in [0.1, 0.15) is 40.9 Å². The second-order valence-electron chi connectivity index (χ2n) is 5.61. The fourth-order valence-electron chi connectivity index (χ4n) is 2.24. The highest BCUT2D eigenvalue weighted by Gasteiger charge is 2.17. The maximum atomic E-state index is 12.3. The Morgan fingerprint density at radius 2 is 1.91 bits per heavy atom. The zero-order valence-corrected chi connectivity index (χ0v) is 14.5. The molecule has 1 N–H and O–H groups in total. The topological polar surface area (TPSA) is 49.4 Å². The van der Waals surface area contributed by atoms with E-state index in [2.05, 4.69) is 5.32 Å². The van der Waals surface area contributed by atoms with Crippen LogP contribution in [0.2, 0.25) is 0 Å².